The van der Waals surface area contributed by atoms with E-state index in [4.69, 9.17) is 0 Å². The van der Waals surface area contributed by atoms with Gasteiger partial charge in [0.15, 0.2) is 17.5 Å². The van der Waals surface area contributed by atoms with E-state index in [9.17, 15) is 31.9 Å². The molecule has 4 heterocycles. The van der Waals surface area contributed by atoms with Crippen LogP contribution in [0.25, 0.3) is 22.4 Å². The fourth-order valence-corrected chi connectivity index (χ4v) is 2.90. The third-order valence-electron chi connectivity index (χ3n) is 4.34. The lowest BCUT2D eigenvalue weighted by Crippen LogP contribution is -2.51. The van der Waals surface area contributed by atoms with Crippen molar-refractivity contribution in [1.29, 1.82) is 0 Å². The largest absolute Gasteiger partial charge is 0.417 e. The number of Topliss-reactive ketones (excluding diaryl/α,β-unsaturated/α-hetero) is 1. The van der Waals surface area contributed by atoms with E-state index in [2.05, 4.69) is 25.3 Å². The zero-order valence-corrected chi connectivity index (χ0v) is 14.7. The molecule has 0 aromatic carbocycles. The smallest absolute Gasteiger partial charge is 0.357 e. The van der Waals surface area contributed by atoms with Crippen LogP contribution in [0.5, 0.6) is 0 Å². The number of H-pyrrole nitrogens is 1. The van der Waals surface area contributed by atoms with Gasteiger partial charge in [0.05, 0.1) is 18.2 Å². The zero-order chi connectivity index (χ0) is 21.6. The highest BCUT2D eigenvalue weighted by molar-refractivity contribution is 6.43. The van der Waals surface area contributed by atoms with Crippen LogP contribution in [0.1, 0.15) is 12.0 Å². The molecule has 0 saturated carbocycles. The molecule has 0 spiro atoms. The zero-order valence-electron chi connectivity index (χ0n) is 14.7. The standard InChI is InChI=1S/C17H10F4N6O3/c18-9-5-24-14(27-15(9)25-10-2-11(28)26-16(30)12(10)29)8-4-23-13-7(8)1-6(3-22-13)17(19,20)21/h1,3-5,10H,2H2,(H,22,23)(H,24,25,27)(H,26,28,30)/t10-/m0/s1. The van der Waals surface area contributed by atoms with Crippen molar-refractivity contribution in [1.82, 2.24) is 25.3 Å². The number of aromatic amines is 1. The number of nitrogens with one attached hydrogen (secondary N) is 3. The monoisotopic (exact) mass is 422 g/mol. The summed E-state index contributed by atoms with van der Waals surface area (Å²) in [5.41, 5.74) is -0.755. The number of anilines is 1. The second kappa shape index (κ2) is 6.86. The van der Waals surface area contributed by atoms with Gasteiger partial charge in [-0.05, 0) is 6.07 Å². The number of hydrogen-bond acceptors (Lipinski definition) is 7. The van der Waals surface area contributed by atoms with Gasteiger partial charge in [-0.15, -0.1) is 0 Å². The number of aromatic nitrogens is 4. The first-order valence-electron chi connectivity index (χ1n) is 8.35. The van der Waals surface area contributed by atoms with Gasteiger partial charge >= 0.3 is 6.18 Å². The molecule has 0 unspecified atom stereocenters. The van der Waals surface area contributed by atoms with Crippen molar-refractivity contribution in [3.05, 3.63) is 36.0 Å². The molecule has 0 bridgehead atoms. The van der Waals surface area contributed by atoms with E-state index in [0.717, 1.165) is 12.3 Å². The average Bonchev–Trinajstić information content (AvgIpc) is 3.10. The van der Waals surface area contributed by atoms with Crippen molar-refractivity contribution in [3.8, 4) is 11.4 Å². The number of imide groups is 1. The maximum absolute atomic E-state index is 14.2. The summed E-state index contributed by atoms with van der Waals surface area (Å²) in [4.78, 5) is 48.9. The summed E-state index contributed by atoms with van der Waals surface area (Å²) in [5, 5.41) is 4.26. The fraction of sp³-hybridized carbons (Fsp3) is 0.176. The summed E-state index contributed by atoms with van der Waals surface area (Å²) < 4.78 is 53.2. The van der Waals surface area contributed by atoms with Crippen LogP contribution in [0, 0.1) is 5.82 Å². The first-order valence-corrected chi connectivity index (χ1v) is 8.35. The van der Waals surface area contributed by atoms with E-state index in [1.54, 1.807) is 0 Å². The molecule has 1 saturated heterocycles. The minimum atomic E-state index is -4.62. The Balaban J connectivity index is 1.72. The topological polar surface area (TPSA) is 130 Å². The second-order valence-corrected chi connectivity index (χ2v) is 6.35. The lowest BCUT2D eigenvalue weighted by atomic mass is 10.0. The molecule has 0 radical (unpaired) electrons. The number of fused-ring (bicyclic) bond motifs is 1. The predicted molar refractivity (Wildman–Crippen MR) is 92.3 cm³/mol. The van der Waals surface area contributed by atoms with Gasteiger partial charge in [0.1, 0.15) is 11.7 Å². The summed E-state index contributed by atoms with van der Waals surface area (Å²) in [6.45, 7) is 0. The van der Waals surface area contributed by atoms with Gasteiger partial charge < -0.3 is 10.3 Å². The molecule has 1 atom stereocenters. The van der Waals surface area contributed by atoms with E-state index in [1.807, 2.05) is 5.32 Å². The lowest BCUT2D eigenvalue weighted by molar-refractivity contribution is -0.144. The Kier molecular flexibility index (Phi) is 4.44. The van der Waals surface area contributed by atoms with E-state index in [0.29, 0.717) is 6.20 Å². The number of pyridine rings is 1. The van der Waals surface area contributed by atoms with Crippen LogP contribution in [0.3, 0.4) is 0 Å². The van der Waals surface area contributed by atoms with Gasteiger partial charge in [-0.2, -0.15) is 13.2 Å². The first kappa shape index (κ1) is 19.4. The second-order valence-electron chi connectivity index (χ2n) is 6.35. The van der Waals surface area contributed by atoms with Crippen LogP contribution in [-0.4, -0.2) is 43.6 Å². The maximum atomic E-state index is 14.2. The van der Waals surface area contributed by atoms with E-state index < -0.39 is 53.4 Å². The molecule has 3 aromatic rings. The third kappa shape index (κ3) is 3.44. The number of alkyl halides is 3. The molecular weight excluding hydrogens is 412 g/mol. The van der Waals surface area contributed by atoms with E-state index in [-0.39, 0.29) is 22.4 Å². The summed E-state index contributed by atoms with van der Waals surface area (Å²) in [6.07, 6.45) is -2.33. The summed E-state index contributed by atoms with van der Waals surface area (Å²) in [7, 11) is 0. The van der Waals surface area contributed by atoms with Crippen molar-refractivity contribution in [2.45, 2.75) is 18.6 Å². The van der Waals surface area contributed by atoms with Crippen LogP contribution in [0.15, 0.2) is 24.7 Å². The molecule has 2 amide bonds. The molecule has 4 rings (SSSR count). The van der Waals surface area contributed by atoms with Crippen LogP contribution in [-0.2, 0) is 20.6 Å². The minimum absolute atomic E-state index is 0.0469. The van der Waals surface area contributed by atoms with Crippen molar-refractivity contribution in [3.63, 3.8) is 0 Å². The Morgan fingerprint density at radius 1 is 1.13 bits per heavy atom. The van der Waals surface area contributed by atoms with Crippen LogP contribution in [0.2, 0.25) is 0 Å². The Bertz CT molecular complexity index is 1210. The quantitative estimate of drug-likeness (QED) is 0.332. The number of nitrogens with zero attached hydrogens (tertiary/aromatic N) is 3. The Labute approximate surface area is 163 Å². The highest BCUT2D eigenvalue weighted by atomic mass is 19.4. The van der Waals surface area contributed by atoms with Crippen LogP contribution in [0.4, 0.5) is 23.4 Å². The number of piperidine rings is 1. The number of carbonyl (C=O) groups is 3. The highest BCUT2D eigenvalue weighted by Gasteiger charge is 2.35. The fourth-order valence-electron chi connectivity index (χ4n) is 2.90. The number of ketones is 1. The molecule has 1 aliphatic heterocycles. The Morgan fingerprint density at radius 3 is 2.63 bits per heavy atom. The van der Waals surface area contributed by atoms with Crippen molar-refractivity contribution in [2.24, 2.45) is 0 Å². The summed E-state index contributed by atoms with van der Waals surface area (Å²) in [5.74, 6) is -4.49. The first-order chi connectivity index (χ1) is 14.1. The van der Waals surface area contributed by atoms with Crippen molar-refractivity contribution < 1.29 is 31.9 Å². The predicted octanol–water partition coefficient (Wildman–Crippen LogP) is 1.57. The molecular formula is C17H10F4N6O3. The average molecular weight is 422 g/mol. The van der Waals surface area contributed by atoms with Crippen LogP contribution >= 0.6 is 0 Å². The molecule has 0 aliphatic carbocycles. The number of hydrogen-bond donors (Lipinski definition) is 3. The number of amides is 2. The van der Waals surface area contributed by atoms with Gasteiger partial charge in [-0.1, -0.05) is 0 Å². The van der Waals surface area contributed by atoms with Gasteiger partial charge in [0.25, 0.3) is 5.91 Å². The molecule has 3 aromatic heterocycles. The SMILES string of the molecule is O=C1C[C@H](Nc2nc(-c3c[nH]c4ncc(C(F)(F)F)cc34)ncc2F)C(=O)C(=O)N1. The van der Waals surface area contributed by atoms with E-state index >= 15 is 0 Å². The molecule has 1 aliphatic rings. The van der Waals surface area contributed by atoms with Crippen molar-refractivity contribution >= 4 is 34.4 Å². The number of rotatable bonds is 3. The number of carbonyl (C=O) groups excluding carboxylic acids is 3. The van der Waals surface area contributed by atoms with Crippen LogP contribution < -0.4 is 10.6 Å². The minimum Gasteiger partial charge on any atom is -0.357 e. The molecule has 9 nitrogen and oxygen atoms in total. The highest BCUT2D eigenvalue weighted by Crippen LogP contribution is 2.33. The molecule has 154 valence electrons. The third-order valence-corrected chi connectivity index (χ3v) is 4.34. The lowest BCUT2D eigenvalue weighted by Gasteiger charge is -2.21. The number of halogens is 4. The van der Waals surface area contributed by atoms with Crippen molar-refractivity contribution in [2.75, 3.05) is 5.32 Å². The Hall–Kier alpha value is -3.90. The van der Waals surface area contributed by atoms with Gasteiger partial charge in [-0.3, -0.25) is 19.7 Å². The molecule has 1 fully saturated rings. The maximum Gasteiger partial charge on any atom is 0.417 e. The Morgan fingerprint density at radius 2 is 1.90 bits per heavy atom. The normalized spacial score (nSPS) is 17.3. The summed E-state index contributed by atoms with van der Waals surface area (Å²) >= 11 is 0. The van der Waals surface area contributed by atoms with Gasteiger partial charge in [0.2, 0.25) is 11.7 Å². The molecule has 30 heavy (non-hydrogen) atoms. The van der Waals surface area contributed by atoms with Gasteiger partial charge in [-0.25, -0.2) is 19.3 Å². The molecule has 13 heteroatoms. The summed E-state index contributed by atoms with van der Waals surface area (Å²) in [6, 6.07) is -0.494. The molecule has 3 N–H and O–H groups in total. The van der Waals surface area contributed by atoms with Gasteiger partial charge in [0, 0.05) is 23.3 Å². The van der Waals surface area contributed by atoms with E-state index in [1.165, 1.54) is 6.20 Å².